The van der Waals surface area contributed by atoms with E-state index in [-0.39, 0.29) is 5.56 Å². The maximum atomic E-state index is 13.3. The summed E-state index contributed by atoms with van der Waals surface area (Å²) in [6.45, 7) is 1.93. The van der Waals surface area contributed by atoms with Crippen LogP contribution in [-0.2, 0) is 11.0 Å². The van der Waals surface area contributed by atoms with Gasteiger partial charge >= 0.3 is 6.18 Å². The van der Waals surface area contributed by atoms with Gasteiger partial charge in [-0.05, 0) is 35.7 Å². The van der Waals surface area contributed by atoms with E-state index in [1.165, 1.54) is 23.5 Å². The second-order valence-corrected chi connectivity index (χ2v) is 8.27. The van der Waals surface area contributed by atoms with E-state index in [0.29, 0.717) is 10.7 Å². The fourth-order valence-corrected chi connectivity index (χ4v) is 4.17. The first kappa shape index (κ1) is 21.7. The summed E-state index contributed by atoms with van der Waals surface area (Å²) in [5.41, 5.74) is 1.91. The number of nitrogens with one attached hydrogen (secondary N) is 1. The molecule has 4 rings (SSSR count). The Morgan fingerprint density at radius 2 is 1.72 bits per heavy atom. The standard InChI is InChI=1S/C24H18F3N3OS/c1-15-10-18(13-28-12-15)20-14-29-23(32-20)30-22(31)21(16-6-3-2-4-7-16)17-8-5-9-19(11-17)24(25,26)27/h2-14,21H,1H3,(H,29,30,31). The number of halogens is 3. The molecule has 2 aromatic carbocycles. The van der Waals surface area contributed by atoms with Crippen molar-refractivity contribution in [1.82, 2.24) is 9.97 Å². The van der Waals surface area contributed by atoms with Crippen LogP contribution in [0, 0.1) is 6.92 Å². The zero-order valence-corrected chi connectivity index (χ0v) is 17.7. The lowest BCUT2D eigenvalue weighted by Crippen LogP contribution is -2.22. The Morgan fingerprint density at radius 1 is 0.969 bits per heavy atom. The normalized spacial score (nSPS) is 12.4. The molecule has 0 saturated heterocycles. The Balaban J connectivity index is 1.65. The minimum atomic E-state index is -4.50. The number of hydrogen-bond donors (Lipinski definition) is 1. The van der Waals surface area contributed by atoms with Crippen molar-refractivity contribution in [1.29, 1.82) is 0 Å². The molecule has 1 amide bonds. The molecule has 4 aromatic rings. The van der Waals surface area contributed by atoms with Crippen molar-refractivity contribution < 1.29 is 18.0 Å². The highest BCUT2D eigenvalue weighted by molar-refractivity contribution is 7.19. The van der Waals surface area contributed by atoms with Crippen molar-refractivity contribution in [2.24, 2.45) is 0 Å². The van der Waals surface area contributed by atoms with Gasteiger partial charge in [-0.25, -0.2) is 4.98 Å². The molecule has 0 bridgehead atoms. The molecule has 4 nitrogen and oxygen atoms in total. The Morgan fingerprint density at radius 3 is 2.44 bits per heavy atom. The molecule has 2 heterocycles. The van der Waals surface area contributed by atoms with Gasteiger partial charge in [0.2, 0.25) is 5.91 Å². The lowest BCUT2D eigenvalue weighted by molar-refractivity contribution is -0.137. The number of thiazole rings is 1. The Hall–Kier alpha value is -3.52. The quantitative estimate of drug-likeness (QED) is 0.386. The first-order chi connectivity index (χ1) is 15.3. The Bertz CT molecular complexity index is 1240. The van der Waals surface area contributed by atoms with Crippen LogP contribution in [0.4, 0.5) is 18.3 Å². The number of anilines is 1. The molecule has 0 aliphatic rings. The second kappa shape index (κ2) is 8.92. The lowest BCUT2D eigenvalue weighted by atomic mass is 9.89. The monoisotopic (exact) mass is 453 g/mol. The molecule has 0 aliphatic carbocycles. The van der Waals surface area contributed by atoms with E-state index in [0.717, 1.165) is 28.1 Å². The smallest absolute Gasteiger partial charge is 0.301 e. The molecule has 1 N–H and O–H groups in total. The van der Waals surface area contributed by atoms with Crippen LogP contribution < -0.4 is 5.32 Å². The summed E-state index contributed by atoms with van der Waals surface area (Å²) in [6.07, 6.45) is 0.590. The van der Waals surface area contributed by atoms with Crippen molar-refractivity contribution in [2.75, 3.05) is 5.32 Å². The maximum Gasteiger partial charge on any atom is 0.416 e. The van der Waals surface area contributed by atoms with Crippen LogP contribution >= 0.6 is 11.3 Å². The molecular weight excluding hydrogens is 435 g/mol. The van der Waals surface area contributed by atoms with Gasteiger partial charge in [-0.1, -0.05) is 59.9 Å². The fraction of sp³-hybridized carbons (Fsp3) is 0.125. The molecule has 32 heavy (non-hydrogen) atoms. The Labute approximate surface area is 186 Å². The molecule has 0 saturated carbocycles. The van der Waals surface area contributed by atoms with Gasteiger partial charge in [-0.3, -0.25) is 9.78 Å². The number of rotatable bonds is 5. The highest BCUT2D eigenvalue weighted by Gasteiger charge is 2.32. The molecule has 1 unspecified atom stereocenters. The molecular formula is C24H18F3N3OS. The molecule has 2 aromatic heterocycles. The second-order valence-electron chi connectivity index (χ2n) is 7.24. The minimum absolute atomic E-state index is 0.253. The number of hydrogen-bond acceptors (Lipinski definition) is 4. The van der Waals surface area contributed by atoms with Gasteiger partial charge in [-0.2, -0.15) is 13.2 Å². The first-order valence-corrected chi connectivity index (χ1v) is 10.5. The molecule has 8 heteroatoms. The highest BCUT2D eigenvalue weighted by Crippen LogP contribution is 2.34. The lowest BCUT2D eigenvalue weighted by Gasteiger charge is -2.18. The molecule has 1 atom stereocenters. The van der Waals surface area contributed by atoms with Crippen molar-refractivity contribution in [3.05, 3.63) is 102 Å². The van der Waals surface area contributed by atoms with Crippen molar-refractivity contribution >= 4 is 22.4 Å². The van der Waals surface area contributed by atoms with Gasteiger partial charge < -0.3 is 5.32 Å². The van der Waals surface area contributed by atoms with Gasteiger partial charge in [0.25, 0.3) is 0 Å². The molecule has 0 fully saturated rings. The summed E-state index contributed by atoms with van der Waals surface area (Å²) < 4.78 is 39.8. The number of aryl methyl sites for hydroxylation is 1. The average Bonchev–Trinajstić information content (AvgIpc) is 3.23. The van der Waals surface area contributed by atoms with Gasteiger partial charge in [0.05, 0.1) is 16.4 Å². The summed E-state index contributed by atoms with van der Waals surface area (Å²) in [5.74, 6) is -1.38. The van der Waals surface area contributed by atoms with Gasteiger partial charge in [-0.15, -0.1) is 0 Å². The van der Waals surface area contributed by atoms with Gasteiger partial charge in [0, 0.05) is 24.2 Å². The maximum absolute atomic E-state index is 13.3. The van der Waals surface area contributed by atoms with Crippen LogP contribution in [0.5, 0.6) is 0 Å². The number of carbonyl (C=O) groups is 1. The summed E-state index contributed by atoms with van der Waals surface area (Å²) >= 11 is 1.28. The van der Waals surface area contributed by atoms with Crippen LogP contribution in [0.15, 0.2) is 79.3 Å². The number of aromatic nitrogens is 2. The third-order valence-electron chi connectivity index (χ3n) is 4.84. The van der Waals surface area contributed by atoms with E-state index in [1.54, 1.807) is 48.9 Å². The van der Waals surface area contributed by atoms with E-state index in [1.807, 2.05) is 13.0 Å². The van der Waals surface area contributed by atoms with Crippen LogP contribution in [-0.4, -0.2) is 15.9 Å². The number of benzene rings is 2. The minimum Gasteiger partial charge on any atom is -0.301 e. The number of pyridine rings is 1. The summed E-state index contributed by atoms with van der Waals surface area (Å²) in [6, 6.07) is 15.5. The van der Waals surface area contributed by atoms with Crippen molar-refractivity contribution in [3.63, 3.8) is 0 Å². The molecule has 0 aliphatic heterocycles. The number of amides is 1. The van der Waals surface area contributed by atoms with E-state index in [9.17, 15) is 18.0 Å². The van der Waals surface area contributed by atoms with E-state index >= 15 is 0 Å². The number of alkyl halides is 3. The molecule has 162 valence electrons. The first-order valence-electron chi connectivity index (χ1n) is 9.72. The topological polar surface area (TPSA) is 54.9 Å². The zero-order valence-electron chi connectivity index (χ0n) is 16.9. The van der Waals surface area contributed by atoms with Crippen LogP contribution in [0.2, 0.25) is 0 Å². The predicted octanol–water partition coefficient (Wildman–Crippen LogP) is 6.30. The van der Waals surface area contributed by atoms with Crippen molar-refractivity contribution in [3.8, 4) is 10.4 Å². The predicted molar refractivity (Wildman–Crippen MR) is 118 cm³/mol. The third kappa shape index (κ3) is 4.86. The van der Waals surface area contributed by atoms with Gasteiger partial charge in [0.15, 0.2) is 5.13 Å². The summed E-state index contributed by atoms with van der Waals surface area (Å²) in [5, 5.41) is 3.13. The largest absolute Gasteiger partial charge is 0.416 e. The fourth-order valence-electron chi connectivity index (χ4n) is 3.37. The van der Waals surface area contributed by atoms with Crippen LogP contribution in [0.3, 0.4) is 0 Å². The van der Waals surface area contributed by atoms with Crippen molar-refractivity contribution in [2.45, 2.75) is 19.0 Å². The number of nitrogens with zero attached hydrogens (tertiary/aromatic N) is 2. The molecule has 0 spiro atoms. The average molecular weight is 453 g/mol. The Kier molecular flexibility index (Phi) is 6.05. The summed E-state index contributed by atoms with van der Waals surface area (Å²) in [7, 11) is 0. The number of carbonyl (C=O) groups excluding carboxylic acids is 1. The van der Waals surface area contributed by atoms with Crippen LogP contribution in [0.25, 0.3) is 10.4 Å². The van der Waals surface area contributed by atoms with E-state index < -0.39 is 23.6 Å². The SMILES string of the molecule is Cc1cncc(-c2cnc(NC(=O)C(c3ccccc3)c3cccc(C(F)(F)F)c3)s2)c1. The van der Waals surface area contributed by atoms with E-state index in [2.05, 4.69) is 15.3 Å². The van der Waals surface area contributed by atoms with Gasteiger partial charge in [0.1, 0.15) is 0 Å². The van der Waals surface area contributed by atoms with E-state index in [4.69, 9.17) is 0 Å². The zero-order chi connectivity index (χ0) is 22.7. The third-order valence-corrected chi connectivity index (χ3v) is 5.80. The molecule has 0 radical (unpaired) electrons. The highest BCUT2D eigenvalue weighted by atomic mass is 32.1. The van der Waals surface area contributed by atoms with Crippen LogP contribution in [0.1, 0.15) is 28.2 Å². The summed E-state index contributed by atoms with van der Waals surface area (Å²) in [4.78, 5) is 22.5.